The SMILES string of the molecule is Cc1cccc(OCCCOc2ccc(C)c(N)c2)c1. The van der Waals surface area contributed by atoms with Crippen molar-refractivity contribution in [3.8, 4) is 11.5 Å². The molecule has 20 heavy (non-hydrogen) atoms. The van der Waals surface area contributed by atoms with Crippen LogP contribution in [-0.4, -0.2) is 13.2 Å². The lowest BCUT2D eigenvalue weighted by Crippen LogP contribution is -2.05. The quantitative estimate of drug-likeness (QED) is 0.643. The number of nitrogen functional groups attached to an aromatic ring is 1. The Labute approximate surface area is 120 Å². The summed E-state index contributed by atoms with van der Waals surface area (Å²) >= 11 is 0. The molecule has 2 N–H and O–H groups in total. The standard InChI is InChI=1S/C17H21NO2/c1-13-5-3-6-15(11-13)19-9-4-10-20-16-8-7-14(2)17(18)12-16/h3,5-8,11-12H,4,9-10,18H2,1-2H3. The van der Waals surface area contributed by atoms with E-state index in [-0.39, 0.29) is 0 Å². The molecule has 0 amide bonds. The van der Waals surface area contributed by atoms with E-state index in [1.807, 2.05) is 43.3 Å². The molecule has 0 aromatic heterocycles. The molecule has 0 heterocycles. The average molecular weight is 271 g/mol. The molecule has 106 valence electrons. The lowest BCUT2D eigenvalue weighted by Gasteiger charge is -2.09. The van der Waals surface area contributed by atoms with Crippen molar-refractivity contribution >= 4 is 5.69 Å². The summed E-state index contributed by atoms with van der Waals surface area (Å²) in [5, 5.41) is 0. The Morgan fingerprint density at radius 2 is 1.60 bits per heavy atom. The van der Waals surface area contributed by atoms with Crippen LogP contribution in [0, 0.1) is 13.8 Å². The molecule has 2 rings (SSSR count). The number of hydrogen-bond acceptors (Lipinski definition) is 3. The summed E-state index contributed by atoms with van der Waals surface area (Å²) in [7, 11) is 0. The van der Waals surface area contributed by atoms with Crippen LogP contribution >= 0.6 is 0 Å². The van der Waals surface area contributed by atoms with E-state index >= 15 is 0 Å². The van der Waals surface area contributed by atoms with E-state index in [1.165, 1.54) is 5.56 Å². The van der Waals surface area contributed by atoms with E-state index in [1.54, 1.807) is 0 Å². The molecule has 0 radical (unpaired) electrons. The molecular formula is C17H21NO2. The normalized spacial score (nSPS) is 10.3. The molecule has 0 spiro atoms. The van der Waals surface area contributed by atoms with Gasteiger partial charge < -0.3 is 15.2 Å². The minimum atomic E-state index is 0.619. The van der Waals surface area contributed by atoms with Crippen LogP contribution in [0.3, 0.4) is 0 Å². The third-order valence-electron chi connectivity index (χ3n) is 3.07. The van der Waals surface area contributed by atoms with Gasteiger partial charge in [-0.2, -0.15) is 0 Å². The zero-order chi connectivity index (χ0) is 14.4. The van der Waals surface area contributed by atoms with Crippen molar-refractivity contribution in [2.75, 3.05) is 18.9 Å². The summed E-state index contributed by atoms with van der Waals surface area (Å²) in [5.41, 5.74) is 8.87. The maximum Gasteiger partial charge on any atom is 0.121 e. The number of rotatable bonds is 6. The minimum Gasteiger partial charge on any atom is -0.493 e. The average Bonchev–Trinajstić information content (AvgIpc) is 2.42. The molecule has 0 saturated heterocycles. The Balaban J connectivity index is 1.70. The smallest absolute Gasteiger partial charge is 0.121 e. The summed E-state index contributed by atoms with van der Waals surface area (Å²) in [4.78, 5) is 0. The first kappa shape index (κ1) is 14.3. The van der Waals surface area contributed by atoms with Crippen molar-refractivity contribution in [2.24, 2.45) is 0 Å². The van der Waals surface area contributed by atoms with Crippen LogP contribution in [0.15, 0.2) is 42.5 Å². The second-order valence-corrected chi connectivity index (χ2v) is 4.89. The third kappa shape index (κ3) is 4.19. The molecule has 0 atom stereocenters. The van der Waals surface area contributed by atoms with Crippen molar-refractivity contribution < 1.29 is 9.47 Å². The number of ether oxygens (including phenoxy) is 2. The molecule has 0 saturated carbocycles. The Morgan fingerprint density at radius 3 is 2.25 bits per heavy atom. The third-order valence-corrected chi connectivity index (χ3v) is 3.07. The van der Waals surface area contributed by atoms with Gasteiger partial charge in [0.1, 0.15) is 11.5 Å². The van der Waals surface area contributed by atoms with E-state index < -0.39 is 0 Å². The predicted octanol–water partition coefficient (Wildman–Crippen LogP) is 3.73. The maximum absolute atomic E-state index is 5.84. The fourth-order valence-electron chi connectivity index (χ4n) is 1.85. The molecular weight excluding hydrogens is 250 g/mol. The minimum absolute atomic E-state index is 0.619. The number of aryl methyl sites for hydroxylation is 2. The van der Waals surface area contributed by atoms with Crippen LogP contribution in [-0.2, 0) is 0 Å². The van der Waals surface area contributed by atoms with Crippen LogP contribution in [0.2, 0.25) is 0 Å². The lowest BCUT2D eigenvalue weighted by atomic mass is 10.2. The molecule has 0 bridgehead atoms. The van der Waals surface area contributed by atoms with Gasteiger partial charge in [-0.3, -0.25) is 0 Å². The van der Waals surface area contributed by atoms with Gasteiger partial charge in [-0.1, -0.05) is 18.2 Å². The van der Waals surface area contributed by atoms with Gasteiger partial charge in [0.2, 0.25) is 0 Å². The first-order chi connectivity index (χ1) is 9.65. The topological polar surface area (TPSA) is 44.5 Å². The lowest BCUT2D eigenvalue weighted by molar-refractivity contribution is 0.247. The monoisotopic (exact) mass is 271 g/mol. The van der Waals surface area contributed by atoms with Crippen molar-refractivity contribution in [1.82, 2.24) is 0 Å². The van der Waals surface area contributed by atoms with Crippen molar-refractivity contribution in [1.29, 1.82) is 0 Å². The number of hydrogen-bond donors (Lipinski definition) is 1. The van der Waals surface area contributed by atoms with Gasteiger partial charge in [0.05, 0.1) is 13.2 Å². The van der Waals surface area contributed by atoms with Gasteiger partial charge >= 0.3 is 0 Å². The van der Waals surface area contributed by atoms with Crippen LogP contribution in [0.25, 0.3) is 0 Å². The first-order valence-electron chi connectivity index (χ1n) is 6.83. The Bertz CT molecular complexity index is 567. The largest absolute Gasteiger partial charge is 0.493 e. The molecule has 2 aromatic rings. The molecule has 0 fully saturated rings. The van der Waals surface area contributed by atoms with E-state index in [0.717, 1.165) is 29.2 Å². The fraction of sp³-hybridized carbons (Fsp3) is 0.294. The molecule has 3 heteroatoms. The van der Waals surface area contributed by atoms with Crippen LogP contribution < -0.4 is 15.2 Å². The number of anilines is 1. The first-order valence-corrected chi connectivity index (χ1v) is 6.83. The maximum atomic E-state index is 5.84. The highest BCUT2D eigenvalue weighted by molar-refractivity contribution is 5.50. The van der Waals surface area contributed by atoms with Crippen LogP contribution in [0.5, 0.6) is 11.5 Å². The van der Waals surface area contributed by atoms with Crippen molar-refractivity contribution in [3.05, 3.63) is 53.6 Å². The molecule has 0 aliphatic rings. The van der Waals surface area contributed by atoms with Crippen LogP contribution in [0.1, 0.15) is 17.5 Å². The highest BCUT2D eigenvalue weighted by Gasteiger charge is 1.98. The fourth-order valence-corrected chi connectivity index (χ4v) is 1.85. The van der Waals surface area contributed by atoms with E-state index in [9.17, 15) is 0 Å². The molecule has 0 aliphatic carbocycles. The van der Waals surface area contributed by atoms with E-state index in [0.29, 0.717) is 13.2 Å². The molecule has 3 nitrogen and oxygen atoms in total. The highest BCUT2D eigenvalue weighted by atomic mass is 16.5. The highest BCUT2D eigenvalue weighted by Crippen LogP contribution is 2.19. The summed E-state index contributed by atoms with van der Waals surface area (Å²) in [6.07, 6.45) is 0.835. The van der Waals surface area contributed by atoms with E-state index in [2.05, 4.69) is 13.0 Å². The second-order valence-electron chi connectivity index (χ2n) is 4.89. The predicted molar refractivity (Wildman–Crippen MR) is 82.4 cm³/mol. The molecule has 0 aliphatic heterocycles. The Morgan fingerprint density at radius 1 is 0.900 bits per heavy atom. The van der Waals surface area contributed by atoms with Gasteiger partial charge in [0.15, 0.2) is 0 Å². The Kier molecular flexibility index (Phi) is 4.88. The van der Waals surface area contributed by atoms with E-state index in [4.69, 9.17) is 15.2 Å². The van der Waals surface area contributed by atoms with Gasteiger partial charge in [-0.05, 0) is 43.2 Å². The van der Waals surface area contributed by atoms with Crippen LogP contribution in [0.4, 0.5) is 5.69 Å². The Hall–Kier alpha value is -2.16. The van der Waals surface area contributed by atoms with Gasteiger partial charge in [-0.15, -0.1) is 0 Å². The molecule has 0 unspecified atom stereocenters. The second kappa shape index (κ2) is 6.85. The zero-order valence-electron chi connectivity index (χ0n) is 12.1. The summed E-state index contributed by atoms with van der Waals surface area (Å²) in [6, 6.07) is 13.8. The number of nitrogens with two attached hydrogens (primary N) is 1. The summed E-state index contributed by atoms with van der Waals surface area (Å²) in [6.45, 7) is 5.30. The molecule has 2 aromatic carbocycles. The zero-order valence-corrected chi connectivity index (χ0v) is 12.1. The number of benzene rings is 2. The summed E-state index contributed by atoms with van der Waals surface area (Å²) < 4.78 is 11.3. The van der Waals surface area contributed by atoms with Gasteiger partial charge in [-0.25, -0.2) is 0 Å². The van der Waals surface area contributed by atoms with Gasteiger partial charge in [0, 0.05) is 18.2 Å². The summed E-state index contributed by atoms with van der Waals surface area (Å²) in [5.74, 6) is 1.72. The van der Waals surface area contributed by atoms with Crippen molar-refractivity contribution in [2.45, 2.75) is 20.3 Å². The van der Waals surface area contributed by atoms with Crippen molar-refractivity contribution in [3.63, 3.8) is 0 Å². The van der Waals surface area contributed by atoms with Gasteiger partial charge in [0.25, 0.3) is 0 Å².